The Kier molecular flexibility index (Phi) is 4.86. The third-order valence-corrected chi connectivity index (χ3v) is 8.01. The molecule has 2 aromatic heterocycles. The second kappa shape index (κ2) is 8.57. The van der Waals surface area contributed by atoms with Crippen molar-refractivity contribution in [1.29, 1.82) is 0 Å². The fraction of sp³-hybridized carbons (Fsp3) is 0.100. The van der Waals surface area contributed by atoms with Crippen LogP contribution >= 0.6 is 11.3 Å². The van der Waals surface area contributed by atoms with Crippen LogP contribution in [0.25, 0.3) is 5.69 Å². The molecule has 0 saturated heterocycles. The van der Waals surface area contributed by atoms with Gasteiger partial charge in [0.2, 0.25) is 6.79 Å². The van der Waals surface area contributed by atoms with Crippen molar-refractivity contribution in [3.8, 4) is 17.2 Å². The zero-order chi connectivity index (χ0) is 25.9. The molecule has 8 nitrogen and oxygen atoms in total. The fourth-order valence-corrected chi connectivity index (χ4v) is 6.20. The minimum Gasteiger partial charge on any atom is -0.454 e. The molecule has 0 bridgehead atoms. The van der Waals surface area contributed by atoms with Crippen molar-refractivity contribution in [3.05, 3.63) is 106 Å². The van der Waals surface area contributed by atoms with E-state index < -0.39 is 0 Å². The van der Waals surface area contributed by atoms with Crippen LogP contribution in [-0.4, -0.2) is 28.2 Å². The van der Waals surface area contributed by atoms with Gasteiger partial charge in [-0.25, -0.2) is 14.7 Å². The zero-order valence-corrected chi connectivity index (χ0v) is 21.7. The van der Waals surface area contributed by atoms with Crippen molar-refractivity contribution in [2.75, 3.05) is 17.0 Å². The van der Waals surface area contributed by atoms with Gasteiger partial charge >= 0.3 is 0 Å². The molecule has 0 amide bonds. The van der Waals surface area contributed by atoms with Gasteiger partial charge in [0.1, 0.15) is 6.04 Å². The van der Waals surface area contributed by atoms with Crippen LogP contribution in [0.1, 0.15) is 22.2 Å². The number of nitrogens with one attached hydrogen (secondary N) is 1. The first-order valence-electron chi connectivity index (χ1n) is 12.7. The topological polar surface area (TPSA) is 76.3 Å². The lowest BCUT2D eigenvalue weighted by molar-refractivity contribution is 0.174. The Morgan fingerprint density at radius 3 is 2.62 bits per heavy atom. The van der Waals surface area contributed by atoms with E-state index in [-0.39, 0.29) is 12.8 Å². The Bertz CT molecular complexity index is 1790. The molecule has 0 saturated carbocycles. The molecule has 5 heterocycles. The maximum Gasteiger partial charge on any atom is 0.231 e. The molecule has 3 aliphatic heterocycles. The summed E-state index contributed by atoms with van der Waals surface area (Å²) in [6.07, 6.45) is 0. The van der Waals surface area contributed by atoms with Gasteiger partial charge in [-0.2, -0.15) is 5.10 Å². The number of nitrogens with zero attached hydrogens (tertiary/aromatic N) is 5. The molecule has 9 heteroatoms. The van der Waals surface area contributed by atoms with Crippen LogP contribution in [0.2, 0.25) is 0 Å². The summed E-state index contributed by atoms with van der Waals surface area (Å²) in [5.41, 5.74) is 5.71. The summed E-state index contributed by atoms with van der Waals surface area (Å²) < 4.78 is 13.1. The van der Waals surface area contributed by atoms with Gasteiger partial charge in [-0.3, -0.25) is 0 Å². The zero-order valence-electron chi connectivity index (χ0n) is 20.9. The molecule has 5 aromatic rings. The minimum absolute atomic E-state index is 0.116. The number of anilines is 2. The van der Waals surface area contributed by atoms with Crippen LogP contribution in [0.3, 0.4) is 0 Å². The number of amidine groups is 2. The van der Waals surface area contributed by atoms with Crippen molar-refractivity contribution in [2.45, 2.75) is 13.0 Å². The maximum atomic E-state index is 5.62. The van der Waals surface area contributed by atoms with E-state index in [0.717, 1.165) is 51.4 Å². The predicted octanol–water partition coefficient (Wildman–Crippen LogP) is 6.77. The number of thiophene rings is 1. The van der Waals surface area contributed by atoms with Crippen molar-refractivity contribution in [2.24, 2.45) is 9.98 Å². The lowest BCUT2D eigenvalue weighted by Gasteiger charge is -2.40. The number of ether oxygens (including phenoxy) is 2. The quantitative estimate of drug-likeness (QED) is 0.279. The third kappa shape index (κ3) is 3.47. The number of para-hydroxylation sites is 3. The van der Waals surface area contributed by atoms with Gasteiger partial charge in [0.05, 0.1) is 22.8 Å². The molecule has 8 rings (SSSR count). The second-order valence-electron chi connectivity index (χ2n) is 9.44. The molecular formula is C30H22N6O2S. The van der Waals surface area contributed by atoms with Crippen molar-refractivity contribution in [1.82, 2.24) is 9.78 Å². The molecule has 3 aliphatic rings. The lowest BCUT2D eigenvalue weighted by atomic mass is 9.98. The summed E-state index contributed by atoms with van der Waals surface area (Å²) in [6.45, 7) is 2.29. The highest BCUT2D eigenvalue weighted by atomic mass is 32.1. The number of hydrogen-bond acceptors (Lipinski definition) is 8. The fourth-order valence-electron chi connectivity index (χ4n) is 5.37. The third-order valence-electron chi connectivity index (χ3n) is 7.09. The van der Waals surface area contributed by atoms with Gasteiger partial charge in [-0.15, -0.1) is 11.3 Å². The van der Waals surface area contributed by atoms with E-state index in [1.807, 2.05) is 59.3 Å². The maximum absolute atomic E-state index is 5.62. The molecule has 0 aliphatic carbocycles. The smallest absolute Gasteiger partial charge is 0.231 e. The summed E-state index contributed by atoms with van der Waals surface area (Å²) in [5, 5.41) is 10.6. The van der Waals surface area contributed by atoms with Crippen LogP contribution in [0, 0.1) is 6.92 Å². The van der Waals surface area contributed by atoms with Crippen LogP contribution < -0.4 is 19.7 Å². The summed E-state index contributed by atoms with van der Waals surface area (Å²) in [5.74, 6) is 3.63. The number of hydrogen-bond donors (Lipinski definition) is 1. The number of rotatable bonds is 3. The van der Waals surface area contributed by atoms with E-state index in [2.05, 4.69) is 52.9 Å². The summed E-state index contributed by atoms with van der Waals surface area (Å²) in [7, 11) is 0. The van der Waals surface area contributed by atoms with Gasteiger partial charge in [0.25, 0.3) is 0 Å². The molecule has 3 aromatic carbocycles. The Labute approximate surface area is 228 Å². The molecule has 39 heavy (non-hydrogen) atoms. The summed E-state index contributed by atoms with van der Waals surface area (Å²) >= 11 is 1.73. The molecule has 190 valence electrons. The Morgan fingerprint density at radius 2 is 1.74 bits per heavy atom. The lowest BCUT2D eigenvalue weighted by Crippen LogP contribution is -2.46. The number of aromatic nitrogens is 2. The van der Waals surface area contributed by atoms with E-state index in [9.17, 15) is 0 Å². The number of aliphatic imine (C=N–C) groups is 2. The van der Waals surface area contributed by atoms with Crippen molar-refractivity contribution < 1.29 is 9.47 Å². The Hall–Kier alpha value is -4.89. The van der Waals surface area contributed by atoms with E-state index in [0.29, 0.717) is 11.6 Å². The molecule has 0 radical (unpaired) electrons. The van der Waals surface area contributed by atoms with Gasteiger partial charge in [-0.05, 0) is 54.8 Å². The van der Waals surface area contributed by atoms with Crippen LogP contribution in [0.5, 0.6) is 11.5 Å². The molecule has 1 N–H and O–H groups in total. The Balaban J connectivity index is 1.35. The highest BCUT2D eigenvalue weighted by Gasteiger charge is 2.41. The summed E-state index contributed by atoms with van der Waals surface area (Å²) in [6, 6.07) is 28.3. The highest BCUT2D eigenvalue weighted by Crippen LogP contribution is 2.49. The summed E-state index contributed by atoms with van der Waals surface area (Å²) in [4.78, 5) is 13.8. The van der Waals surface area contributed by atoms with E-state index in [1.54, 1.807) is 11.3 Å². The molecule has 0 fully saturated rings. The molecular weight excluding hydrogens is 508 g/mol. The monoisotopic (exact) mass is 530 g/mol. The van der Waals surface area contributed by atoms with Gasteiger partial charge in [-0.1, -0.05) is 36.4 Å². The van der Waals surface area contributed by atoms with Crippen molar-refractivity contribution in [3.63, 3.8) is 0 Å². The van der Waals surface area contributed by atoms with E-state index in [4.69, 9.17) is 24.6 Å². The first-order valence-corrected chi connectivity index (χ1v) is 13.5. The van der Waals surface area contributed by atoms with E-state index >= 15 is 0 Å². The average molecular weight is 531 g/mol. The minimum atomic E-state index is -0.116. The van der Waals surface area contributed by atoms with Crippen LogP contribution in [0.4, 0.5) is 22.9 Å². The van der Waals surface area contributed by atoms with Gasteiger partial charge in [0.15, 0.2) is 29.0 Å². The largest absolute Gasteiger partial charge is 0.454 e. The Morgan fingerprint density at radius 1 is 0.897 bits per heavy atom. The molecule has 1 unspecified atom stereocenters. The SMILES string of the molecule is Cc1nn(-c2ccccc2)c2c1C(c1cccs1)N1C(=N2)C(Nc2ccc3c(c2)OCO3)=Nc2ccccc21. The standard InChI is InChI=1S/C30H22N6O2S/c1-18-26-27(25-12-7-15-39-25)35-22-11-6-5-10-21(22)32-28(31-19-13-14-23-24(16-19)38-17-37-23)30(35)33-29(26)36(34-18)20-8-3-2-4-9-20/h2-16,27H,17H2,1H3,(H,31,32). The normalized spacial score (nSPS) is 16.6. The molecule has 0 spiro atoms. The first-order chi connectivity index (χ1) is 19.2. The predicted molar refractivity (Wildman–Crippen MR) is 154 cm³/mol. The van der Waals surface area contributed by atoms with Gasteiger partial charge < -0.3 is 19.7 Å². The first kappa shape index (κ1) is 22.1. The molecule has 1 atom stereocenters. The number of aryl methyl sites for hydroxylation is 1. The van der Waals surface area contributed by atoms with Crippen LogP contribution in [-0.2, 0) is 0 Å². The van der Waals surface area contributed by atoms with Gasteiger partial charge in [0, 0.05) is 22.2 Å². The van der Waals surface area contributed by atoms with E-state index in [1.165, 1.54) is 4.88 Å². The average Bonchev–Trinajstić information content (AvgIpc) is 3.73. The second-order valence-corrected chi connectivity index (χ2v) is 10.4. The van der Waals surface area contributed by atoms with Crippen molar-refractivity contribution >= 4 is 45.9 Å². The number of benzene rings is 3. The van der Waals surface area contributed by atoms with Crippen LogP contribution in [0.15, 0.2) is 100 Å². The highest BCUT2D eigenvalue weighted by molar-refractivity contribution is 7.10. The number of fused-ring (bicyclic) bond motifs is 5.